The molecule has 3 heterocycles. The molecule has 0 unspecified atom stereocenters. The van der Waals surface area contributed by atoms with Crippen LogP contribution in [0.3, 0.4) is 0 Å². The summed E-state index contributed by atoms with van der Waals surface area (Å²) >= 11 is 0. The average Bonchev–Trinajstić information content (AvgIpc) is 3.10. The van der Waals surface area contributed by atoms with E-state index >= 15 is 0 Å². The third-order valence-electron chi connectivity index (χ3n) is 3.75. The van der Waals surface area contributed by atoms with Crippen LogP contribution in [0.15, 0.2) is 0 Å². The average molecular weight is 280 g/mol. The van der Waals surface area contributed by atoms with Gasteiger partial charge in [-0.3, -0.25) is 9.89 Å². The predicted octanol–water partition coefficient (Wildman–Crippen LogP) is 0.582. The number of carbonyl (C=O) groups is 1. The summed E-state index contributed by atoms with van der Waals surface area (Å²) in [4.78, 5) is 18.4. The van der Waals surface area contributed by atoms with Crippen molar-refractivity contribution in [2.75, 3.05) is 26.3 Å². The fourth-order valence-corrected chi connectivity index (χ4v) is 2.67. The highest BCUT2D eigenvalue weighted by Gasteiger charge is 2.29. The molecule has 7 nitrogen and oxygen atoms in total. The number of H-pyrrole nitrogens is 1. The second kappa shape index (κ2) is 5.88. The fraction of sp³-hybridized carbons (Fsp3) is 0.769. The number of hydrogen-bond acceptors (Lipinski definition) is 5. The van der Waals surface area contributed by atoms with Gasteiger partial charge in [0.2, 0.25) is 5.91 Å². The highest BCUT2D eigenvalue weighted by atomic mass is 16.5. The van der Waals surface area contributed by atoms with E-state index in [0.717, 1.165) is 25.3 Å². The molecule has 0 bridgehead atoms. The van der Waals surface area contributed by atoms with E-state index in [-0.39, 0.29) is 18.1 Å². The van der Waals surface area contributed by atoms with Crippen LogP contribution in [0.5, 0.6) is 0 Å². The van der Waals surface area contributed by atoms with Crippen molar-refractivity contribution < 1.29 is 14.3 Å². The van der Waals surface area contributed by atoms with Gasteiger partial charge >= 0.3 is 0 Å². The van der Waals surface area contributed by atoms with Crippen molar-refractivity contribution in [3.8, 4) is 0 Å². The van der Waals surface area contributed by atoms with Gasteiger partial charge in [0, 0.05) is 13.2 Å². The number of hydrogen-bond donors (Lipinski definition) is 1. The predicted molar refractivity (Wildman–Crippen MR) is 70.0 cm³/mol. The Bertz CT molecular complexity index is 470. The van der Waals surface area contributed by atoms with Crippen molar-refractivity contribution in [2.24, 2.45) is 0 Å². The number of morpholine rings is 1. The van der Waals surface area contributed by atoms with Gasteiger partial charge in [0.05, 0.1) is 25.7 Å². The Morgan fingerprint density at radius 1 is 1.45 bits per heavy atom. The molecule has 0 saturated carbocycles. The summed E-state index contributed by atoms with van der Waals surface area (Å²) in [5.74, 6) is 1.51. The Morgan fingerprint density at radius 3 is 3.05 bits per heavy atom. The van der Waals surface area contributed by atoms with Gasteiger partial charge in [0.1, 0.15) is 11.9 Å². The molecule has 0 radical (unpaired) electrons. The van der Waals surface area contributed by atoms with Crippen LogP contribution in [0, 0.1) is 6.92 Å². The first kappa shape index (κ1) is 13.5. The van der Waals surface area contributed by atoms with E-state index in [1.54, 1.807) is 0 Å². The minimum absolute atomic E-state index is 0.0922. The summed E-state index contributed by atoms with van der Waals surface area (Å²) in [6.07, 6.45) is 2.37. The molecule has 2 atom stereocenters. The lowest BCUT2D eigenvalue weighted by atomic mass is 10.1. The summed E-state index contributed by atoms with van der Waals surface area (Å²) in [5.41, 5.74) is 0. The summed E-state index contributed by atoms with van der Waals surface area (Å²) < 4.78 is 11.2. The van der Waals surface area contributed by atoms with Crippen LogP contribution in [0.4, 0.5) is 0 Å². The van der Waals surface area contributed by atoms with Crippen LogP contribution in [0.2, 0.25) is 0 Å². The van der Waals surface area contributed by atoms with Gasteiger partial charge in [0.15, 0.2) is 5.82 Å². The lowest BCUT2D eigenvalue weighted by Crippen LogP contribution is -2.43. The minimum Gasteiger partial charge on any atom is -0.378 e. The Labute approximate surface area is 117 Å². The molecule has 2 aliphatic heterocycles. The Hall–Kier alpha value is -1.47. The van der Waals surface area contributed by atoms with E-state index in [2.05, 4.69) is 15.2 Å². The van der Waals surface area contributed by atoms with Gasteiger partial charge in [-0.1, -0.05) is 0 Å². The standard InChI is InChI=1S/C13H20N4O3/c1-9-14-13(16-15-9)11-8-17(4-6-20-11)12(18)7-10-3-2-5-19-10/h10-11H,2-8H2,1H3,(H,14,15,16)/t10-,11-/m1/s1. The summed E-state index contributed by atoms with van der Waals surface area (Å²) in [6.45, 7) is 4.30. The maximum Gasteiger partial charge on any atom is 0.225 e. The maximum atomic E-state index is 12.3. The van der Waals surface area contributed by atoms with E-state index in [4.69, 9.17) is 9.47 Å². The molecule has 0 aromatic carbocycles. The molecule has 1 N–H and O–H groups in total. The number of nitrogens with one attached hydrogen (secondary N) is 1. The van der Waals surface area contributed by atoms with Gasteiger partial charge < -0.3 is 14.4 Å². The second-order valence-corrected chi connectivity index (χ2v) is 5.32. The summed E-state index contributed by atoms with van der Waals surface area (Å²) in [7, 11) is 0. The molecule has 0 aliphatic carbocycles. The van der Waals surface area contributed by atoms with Crippen LogP contribution in [-0.4, -0.2) is 58.4 Å². The number of carbonyl (C=O) groups excluding carboxylic acids is 1. The lowest BCUT2D eigenvalue weighted by molar-refractivity contribution is -0.141. The van der Waals surface area contributed by atoms with Crippen molar-refractivity contribution >= 4 is 5.91 Å². The largest absolute Gasteiger partial charge is 0.378 e. The molecule has 20 heavy (non-hydrogen) atoms. The number of aromatic amines is 1. The van der Waals surface area contributed by atoms with Crippen molar-refractivity contribution in [1.29, 1.82) is 0 Å². The van der Waals surface area contributed by atoms with E-state index in [1.807, 2.05) is 11.8 Å². The SMILES string of the molecule is Cc1nc([C@H]2CN(C(=O)C[C@H]3CCCO3)CCO2)n[nH]1. The molecule has 3 rings (SSSR count). The number of aryl methyl sites for hydroxylation is 1. The molecule has 1 aromatic rings. The fourth-order valence-electron chi connectivity index (χ4n) is 2.67. The maximum absolute atomic E-state index is 12.3. The van der Waals surface area contributed by atoms with Crippen LogP contribution in [-0.2, 0) is 14.3 Å². The van der Waals surface area contributed by atoms with Crippen LogP contribution in [0.25, 0.3) is 0 Å². The van der Waals surface area contributed by atoms with E-state index < -0.39 is 0 Å². The zero-order valence-corrected chi connectivity index (χ0v) is 11.7. The van der Waals surface area contributed by atoms with Crippen molar-refractivity contribution in [1.82, 2.24) is 20.1 Å². The van der Waals surface area contributed by atoms with E-state index in [9.17, 15) is 4.79 Å². The topological polar surface area (TPSA) is 80.3 Å². The molecular weight excluding hydrogens is 260 g/mol. The molecule has 2 saturated heterocycles. The minimum atomic E-state index is -0.234. The van der Waals surface area contributed by atoms with Gasteiger partial charge in [-0.15, -0.1) is 0 Å². The molecule has 1 amide bonds. The molecular formula is C13H20N4O3. The molecule has 2 aliphatic rings. The van der Waals surface area contributed by atoms with Gasteiger partial charge in [0.25, 0.3) is 0 Å². The first-order valence-electron chi connectivity index (χ1n) is 7.12. The van der Waals surface area contributed by atoms with Gasteiger partial charge in [-0.05, 0) is 19.8 Å². The molecule has 1 aromatic heterocycles. The third-order valence-corrected chi connectivity index (χ3v) is 3.75. The Balaban J connectivity index is 1.58. The van der Waals surface area contributed by atoms with Crippen LogP contribution >= 0.6 is 0 Å². The smallest absolute Gasteiger partial charge is 0.225 e. The highest BCUT2D eigenvalue weighted by Crippen LogP contribution is 2.21. The number of amides is 1. The quantitative estimate of drug-likeness (QED) is 0.876. The third kappa shape index (κ3) is 2.99. The summed E-state index contributed by atoms with van der Waals surface area (Å²) in [6, 6.07) is 0. The normalized spacial score (nSPS) is 26.9. The van der Waals surface area contributed by atoms with Gasteiger partial charge in [-0.2, -0.15) is 5.10 Å². The monoisotopic (exact) mass is 280 g/mol. The second-order valence-electron chi connectivity index (χ2n) is 5.32. The lowest BCUT2D eigenvalue weighted by Gasteiger charge is -2.32. The zero-order valence-electron chi connectivity index (χ0n) is 11.7. The van der Waals surface area contributed by atoms with E-state index in [1.165, 1.54) is 0 Å². The number of rotatable bonds is 3. The Morgan fingerprint density at radius 2 is 2.35 bits per heavy atom. The first-order valence-corrected chi connectivity index (χ1v) is 7.12. The van der Waals surface area contributed by atoms with Crippen molar-refractivity contribution in [3.05, 3.63) is 11.6 Å². The van der Waals surface area contributed by atoms with Crippen LogP contribution in [0.1, 0.15) is 37.0 Å². The summed E-state index contributed by atoms with van der Waals surface area (Å²) in [5, 5.41) is 6.92. The molecule has 2 fully saturated rings. The molecule has 110 valence electrons. The number of nitrogens with zero attached hydrogens (tertiary/aromatic N) is 3. The Kier molecular flexibility index (Phi) is 3.98. The molecule has 7 heteroatoms. The highest BCUT2D eigenvalue weighted by molar-refractivity contribution is 5.76. The zero-order chi connectivity index (χ0) is 13.9. The van der Waals surface area contributed by atoms with Crippen molar-refractivity contribution in [3.63, 3.8) is 0 Å². The van der Waals surface area contributed by atoms with Crippen LogP contribution < -0.4 is 0 Å². The number of ether oxygens (including phenoxy) is 2. The first-order chi connectivity index (χ1) is 9.72. The number of aromatic nitrogens is 3. The van der Waals surface area contributed by atoms with Gasteiger partial charge in [-0.25, -0.2) is 4.98 Å². The van der Waals surface area contributed by atoms with Crippen molar-refractivity contribution in [2.45, 2.75) is 38.4 Å². The molecule has 0 spiro atoms. The van der Waals surface area contributed by atoms with E-state index in [0.29, 0.717) is 31.9 Å².